The summed E-state index contributed by atoms with van der Waals surface area (Å²) >= 11 is 3.41. The second kappa shape index (κ2) is 4.19. The standard InChI is InChI=1S/C12H12BrNO/c1-2-3-12(15)10-7-14-11-5-4-8(13)6-9(10)11/h4-7,14H,2-3H2,1H3. The number of H-pyrrole nitrogens is 1. The van der Waals surface area contributed by atoms with E-state index in [9.17, 15) is 4.79 Å². The van der Waals surface area contributed by atoms with Gasteiger partial charge in [-0.2, -0.15) is 0 Å². The van der Waals surface area contributed by atoms with Gasteiger partial charge in [-0.1, -0.05) is 22.9 Å². The highest BCUT2D eigenvalue weighted by molar-refractivity contribution is 9.10. The molecule has 15 heavy (non-hydrogen) atoms. The molecule has 0 radical (unpaired) electrons. The van der Waals surface area contributed by atoms with E-state index in [2.05, 4.69) is 20.9 Å². The summed E-state index contributed by atoms with van der Waals surface area (Å²) in [5.41, 5.74) is 1.81. The Morgan fingerprint density at radius 3 is 3.00 bits per heavy atom. The number of carbonyl (C=O) groups is 1. The normalized spacial score (nSPS) is 10.8. The van der Waals surface area contributed by atoms with Gasteiger partial charge < -0.3 is 4.98 Å². The van der Waals surface area contributed by atoms with Gasteiger partial charge in [0.15, 0.2) is 5.78 Å². The number of rotatable bonds is 3. The number of hydrogen-bond donors (Lipinski definition) is 1. The van der Waals surface area contributed by atoms with Gasteiger partial charge in [-0.05, 0) is 24.6 Å². The molecule has 1 aromatic heterocycles. The van der Waals surface area contributed by atoms with Crippen LogP contribution in [0.3, 0.4) is 0 Å². The molecular formula is C12H12BrNO. The molecule has 1 heterocycles. The fourth-order valence-corrected chi connectivity index (χ4v) is 2.05. The number of aromatic nitrogens is 1. The Kier molecular flexibility index (Phi) is 2.91. The Morgan fingerprint density at radius 2 is 2.27 bits per heavy atom. The molecule has 0 aliphatic rings. The maximum Gasteiger partial charge on any atom is 0.165 e. The lowest BCUT2D eigenvalue weighted by atomic mass is 10.1. The third-order valence-corrected chi connectivity index (χ3v) is 2.91. The van der Waals surface area contributed by atoms with Crippen molar-refractivity contribution in [2.45, 2.75) is 19.8 Å². The molecule has 78 valence electrons. The van der Waals surface area contributed by atoms with Crippen LogP contribution in [-0.4, -0.2) is 10.8 Å². The van der Waals surface area contributed by atoms with E-state index in [1.165, 1.54) is 0 Å². The van der Waals surface area contributed by atoms with Gasteiger partial charge in [0.1, 0.15) is 0 Å². The monoisotopic (exact) mass is 265 g/mol. The fraction of sp³-hybridized carbons (Fsp3) is 0.250. The minimum Gasteiger partial charge on any atom is -0.360 e. The second-order valence-electron chi connectivity index (χ2n) is 3.57. The van der Waals surface area contributed by atoms with Crippen molar-refractivity contribution < 1.29 is 4.79 Å². The molecule has 0 bridgehead atoms. The summed E-state index contributed by atoms with van der Waals surface area (Å²) in [4.78, 5) is 14.9. The number of nitrogens with one attached hydrogen (secondary N) is 1. The van der Waals surface area contributed by atoms with Crippen molar-refractivity contribution in [3.8, 4) is 0 Å². The quantitative estimate of drug-likeness (QED) is 0.839. The van der Waals surface area contributed by atoms with Crippen LogP contribution in [0.1, 0.15) is 30.1 Å². The van der Waals surface area contributed by atoms with Crippen LogP contribution >= 0.6 is 15.9 Å². The molecular weight excluding hydrogens is 254 g/mol. The molecule has 0 amide bonds. The molecule has 0 aliphatic carbocycles. The van der Waals surface area contributed by atoms with E-state index >= 15 is 0 Å². The zero-order valence-corrected chi connectivity index (χ0v) is 10.1. The SMILES string of the molecule is CCCC(=O)c1c[nH]c2ccc(Br)cc12. The maximum atomic E-state index is 11.8. The van der Waals surface area contributed by atoms with E-state index < -0.39 is 0 Å². The van der Waals surface area contributed by atoms with E-state index in [0.717, 1.165) is 27.4 Å². The molecule has 0 saturated carbocycles. The van der Waals surface area contributed by atoms with Gasteiger partial charge in [0, 0.05) is 33.6 Å². The van der Waals surface area contributed by atoms with E-state index in [-0.39, 0.29) is 5.78 Å². The van der Waals surface area contributed by atoms with Gasteiger partial charge in [0.25, 0.3) is 0 Å². The highest BCUT2D eigenvalue weighted by Crippen LogP contribution is 2.23. The lowest BCUT2D eigenvalue weighted by molar-refractivity contribution is 0.0983. The van der Waals surface area contributed by atoms with Crippen LogP contribution in [0.15, 0.2) is 28.9 Å². The van der Waals surface area contributed by atoms with Crippen molar-refractivity contribution in [1.82, 2.24) is 4.98 Å². The molecule has 0 fully saturated rings. The number of aromatic amines is 1. The molecule has 0 aliphatic heterocycles. The van der Waals surface area contributed by atoms with Gasteiger partial charge >= 0.3 is 0 Å². The molecule has 3 heteroatoms. The van der Waals surface area contributed by atoms with Gasteiger partial charge in [0.05, 0.1) is 0 Å². The highest BCUT2D eigenvalue weighted by Gasteiger charge is 2.10. The number of hydrogen-bond acceptors (Lipinski definition) is 1. The number of halogens is 1. The predicted molar refractivity (Wildman–Crippen MR) is 65.2 cm³/mol. The zero-order chi connectivity index (χ0) is 10.8. The minimum absolute atomic E-state index is 0.210. The lowest BCUT2D eigenvalue weighted by Gasteiger charge is -1.97. The van der Waals surface area contributed by atoms with Crippen LogP contribution in [0.4, 0.5) is 0 Å². The van der Waals surface area contributed by atoms with Gasteiger partial charge in [0.2, 0.25) is 0 Å². The van der Waals surface area contributed by atoms with Gasteiger partial charge in [-0.15, -0.1) is 0 Å². The van der Waals surface area contributed by atoms with Crippen LogP contribution in [0.2, 0.25) is 0 Å². The van der Waals surface area contributed by atoms with Crippen LogP contribution in [-0.2, 0) is 0 Å². The van der Waals surface area contributed by atoms with E-state index in [0.29, 0.717) is 6.42 Å². The van der Waals surface area contributed by atoms with Gasteiger partial charge in [-0.3, -0.25) is 4.79 Å². The number of benzene rings is 1. The van der Waals surface area contributed by atoms with Crippen LogP contribution in [0.5, 0.6) is 0 Å². The number of fused-ring (bicyclic) bond motifs is 1. The summed E-state index contributed by atoms with van der Waals surface area (Å²) in [5, 5.41) is 1.00. The van der Waals surface area contributed by atoms with E-state index in [1.807, 2.05) is 25.1 Å². The van der Waals surface area contributed by atoms with Crippen LogP contribution in [0.25, 0.3) is 10.9 Å². The minimum atomic E-state index is 0.210. The average Bonchev–Trinajstić information content (AvgIpc) is 2.60. The summed E-state index contributed by atoms with van der Waals surface area (Å²) in [6.45, 7) is 2.02. The predicted octanol–water partition coefficient (Wildman–Crippen LogP) is 3.91. The summed E-state index contributed by atoms with van der Waals surface area (Å²) in [5.74, 6) is 0.210. The molecule has 0 spiro atoms. The first kappa shape index (κ1) is 10.4. The summed E-state index contributed by atoms with van der Waals surface area (Å²) in [6.07, 6.45) is 3.30. The summed E-state index contributed by atoms with van der Waals surface area (Å²) < 4.78 is 1.00. The topological polar surface area (TPSA) is 32.9 Å². The second-order valence-corrected chi connectivity index (χ2v) is 4.48. The molecule has 2 aromatic rings. The first-order chi connectivity index (χ1) is 7.22. The number of ketones is 1. The van der Waals surface area contributed by atoms with Gasteiger partial charge in [-0.25, -0.2) is 0 Å². The molecule has 0 unspecified atom stereocenters. The lowest BCUT2D eigenvalue weighted by Crippen LogP contribution is -1.96. The Hall–Kier alpha value is -1.09. The number of Topliss-reactive ketones (excluding diaryl/α,β-unsaturated/α-hetero) is 1. The van der Waals surface area contributed by atoms with Crippen molar-refractivity contribution >= 4 is 32.6 Å². The third-order valence-electron chi connectivity index (χ3n) is 2.42. The average molecular weight is 266 g/mol. The van der Waals surface area contributed by atoms with Crippen molar-refractivity contribution in [2.75, 3.05) is 0 Å². The summed E-state index contributed by atoms with van der Waals surface area (Å²) in [7, 11) is 0. The Bertz CT molecular complexity index is 501. The smallest absolute Gasteiger partial charge is 0.165 e. The third kappa shape index (κ3) is 1.97. The fourth-order valence-electron chi connectivity index (χ4n) is 1.69. The summed E-state index contributed by atoms with van der Waals surface area (Å²) in [6, 6.07) is 5.92. The molecule has 2 nitrogen and oxygen atoms in total. The van der Waals surface area contributed by atoms with Crippen LogP contribution < -0.4 is 0 Å². The van der Waals surface area contributed by atoms with Crippen molar-refractivity contribution in [2.24, 2.45) is 0 Å². The molecule has 0 saturated heterocycles. The van der Waals surface area contributed by atoms with Crippen molar-refractivity contribution in [3.05, 3.63) is 34.4 Å². The largest absolute Gasteiger partial charge is 0.360 e. The highest BCUT2D eigenvalue weighted by atomic mass is 79.9. The Morgan fingerprint density at radius 1 is 1.47 bits per heavy atom. The van der Waals surface area contributed by atoms with E-state index in [4.69, 9.17) is 0 Å². The van der Waals surface area contributed by atoms with Crippen molar-refractivity contribution in [1.29, 1.82) is 0 Å². The maximum absolute atomic E-state index is 11.8. The molecule has 2 rings (SSSR count). The zero-order valence-electron chi connectivity index (χ0n) is 8.51. The van der Waals surface area contributed by atoms with E-state index in [1.54, 1.807) is 6.20 Å². The molecule has 0 atom stereocenters. The molecule has 1 N–H and O–H groups in total. The Balaban J connectivity index is 2.52. The number of carbonyl (C=O) groups excluding carboxylic acids is 1. The van der Waals surface area contributed by atoms with Crippen molar-refractivity contribution in [3.63, 3.8) is 0 Å². The first-order valence-electron chi connectivity index (χ1n) is 5.02. The first-order valence-corrected chi connectivity index (χ1v) is 5.81. The van der Waals surface area contributed by atoms with Crippen LogP contribution in [0, 0.1) is 0 Å². The molecule has 1 aromatic carbocycles. The Labute approximate surface area is 96.8 Å².